The number of aryl methyl sites for hydroxylation is 1. The molecule has 0 fully saturated rings. The van der Waals surface area contributed by atoms with Crippen molar-refractivity contribution in [3.05, 3.63) is 28.8 Å². The number of hydrogen-bond donors (Lipinski definition) is 0. The van der Waals surface area contributed by atoms with Gasteiger partial charge in [-0.15, -0.1) is 0 Å². The van der Waals surface area contributed by atoms with E-state index in [1.54, 1.807) is 0 Å². The standard InChI is InChI=1S/C7H8BCl/c1-5-2-3-6(8)7(9)4-5/h2-4H,8H2,1H3. The first-order valence-electron chi connectivity index (χ1n) is 2.93. The lowest BCUT2D eigenvalue weighted by Gasteiger charge is -1.96. The van der Waals surface area contributed by atoms with Crippen LogP contribution < -0.4 is 5.46 Å². The molecule has 0 atom stereocenters. The van der Waals surface area contributed by atoms with Crippen LogP contribution >= 0.6 is 11.6 Å². The van der Waals surface area contributed by atoms with Crippen LogP contribution in [-0.2, 0) is 0 Å². The van der Waals surface area contributed by atoms with Crippen molar-refractivity contribution >= 4 is 24.9 Å². The Kier molecular flexibility index (Phi) is 1.82. The van der Waals surface area contributed by atoms with Crippen LogP contribution in [0.2, 0.25) is 5.02 Å². The van der Waals surface area contributed by atoms with Crippen molar-refractivity contribution in [1.29, 1.82) is 0 Å². The van der Waals surface area contributed by atoms with Gasteiger partial charge in [-0.1, -0.05) is 29.2 Å². The van der Waals surface area contributed by atoms with Gasteiger partial charge in [-0.2, -0.15) is 0 Å². The zero-order valence-corrected chi connectivity index (χ0v) is 6.37. The second kappa shape index (κ2) is 2.44. The van der Waals surface area contributed by atoms with Crippen LogP contribution in [0.5, 0.6) is 0 Å². The van der Waals surface area contributed by atoms with Gasteiger partial charge in [0.1, 0.15) is 7.85 Å². The van der Waals surface area contributed by atoms with Crippen molar-refractivity contribution in [3.8, 4) is 0 Å². The highest BCUT2D eigenvalue weighted by Gasteiger charge is 1.91. The quantitative estimate of drug-likeness (QED) is 0.468. The lowest BCUT2D eigenvalue weighted by atomic mass is 9.95. The SMILES string of the molecule is Bc1ccc(C)cc1Cl. The van der Waals surface area contributed by atoms with Gasteiger partial charge >= 0.3 is 0 Å². The van der Waals surface area contributed by atoms with Gasteiger partial charge < -0.3 is 0 Å². The zero-order chi connectivity index (χ0) is 6.85. The summed E-state index contributed by atoms with van der Waals surface area (Å²) in [5.74, 6) is 0. The van der Waals surface area contributed by atoms with E-state index in [0.29, 0.717) is 0 Å². The van der Waals surface area contributed by atoms with Crippen LogP contribution in [0.4, 0.5) is 0 Å². The maximum absolute atomic E-state index is 5.81. The second-order valence-electron chi connectivity index (χ2n) is 2.25. The van der Waals surface area contributed by atoms with E-state index in [2.05, 4.69) is 6.07 Å². The molecule has 0 aliphatic rings. The highest BCUT2D eigenvalue weighted by atomic mass is 35.5. The fourth-order valence-corrected chi connectivity index (χ4v) is 0.933. The Bertz CT molecular complexity index is 220. The summed E-state index contributed by atoms with van der Waals surface area (Å²) in [6.07, 6.45) is 0. The summed E-state index contributed by atoms with van der Waals surface area (Å²) < 4.78 is 0. The first kappa shape index (κ1) is 6.69. The third kappa shape index (κ3) is 1.49. The van der Waals surface area contributed by atoms with Gasteiger partial charge in [-0.05, 0) is 18.6 Å². The Labute approximate surface area is 61.3 Å². The minimum atomic E-state index is 0.856. The van der Waals surface area contributed by atoms with Crippen molar-refractivity contribution in [1.82, 2.24) is 0 Å². The molecule has 9 heavy (non-hydrogen) atoms. The molecular formula is C7H8BCl. The average molecular weight is 138 g/mol. The second-order valence-corrected chi connectivity index (χ2v) is 2.66. The normalized spacial score (nSPS) is 9.56. The van der Waals surface area contributed by atoms with Gasteiger partial charge in [0, 0.05) is 5.02 Å². The molecule has 0 N–H and O–H groups in total. The van der Waals surface area contributed by atoms with Crippen LogP contribution in [0.15, 0.2) is 18.2 Å². The highest BCUT2D eigenvalue weighted by molar-refractivity contribution is 6.45. The third-order valence-electron chi connectivity index (χ3n) is 1.33. The minimum absolute atomic E-state index is 0.856. The summed E-state index contributed by atoms with van der Waals surface area (Å²) in [6, 6.07) is 6.05. The van der Waals surface area contributed by atoms with E-state index in [-0.39, 0.29) is 0 Å². The highest BCUT2D eigenvalue weighted by Crippen LogP contribution is 2.05. The van der Waals surface area contributed by atoms with Crippen LogP contribution in [0, 0.1) is 6.92 Å². The van der Waals surface area contributed by atoms with Crippen LogP contribution in [0.1, 0.15) is 5.56 Å². The first-order chi connectivity index (χ1) is 4.20. The molecule has 1 aromatic rings. The van der Waals surface area contributed by atoms with Gasteiger partial charge in [0.2, 0.25) is 0 Å². The molecule has 0 unspecified atom stereocenters. The van der Waals surface area contributed by atoms with Gasteiger partial charge in [-0.3, -0.25) is 0 Å². The van der Waals surface area contributed by atoms with E-state index >= 15 is 0 Å². The molecule has 0 saturated carbocycles. The molecule has 2 heteroatoms. The summed E-state index contributed by atoms with van der Waals surface area (Å²) in [4.78, 5) is 0. The number of benzene rings is 1. The summed E-state index contributed by atoms with van der Waals surface area (Å²) in [6.45, 7) is 2.03. The number of rotatable bonds is 0. The molecule has 0 spiro atoms. The summed E-state index contributed by atoms with van der Waals surface area (Å²) in [5, 5.41) is 0.856. The molecule has 0 aliphatic heterocycles. The number of hydrogen-bond acceptors (Lipinski definition) is 0. The van der Waals surface area contributed by atoms with E-state index < -0.39 is 0 Å². The zero-order valence-electron chi connectivity index (χ0n) is 5.61. The average Bonchev–Trinajstić information content (AvgIpc) is 1.80. The van der Waals surface area contributed by atoms with E-state index in [1.165, 1.54) is 5.56 Å². The fourth-order valence-electron chi connectivity index (χ4n) is 0.698. The summed E-state index contributed by atoms with van der Waals surface area (Å²) >= 11 is 5.81. The molecule has 0 aliphatic carbocycles. The Morgan fingerprint density at radius 2 is 2.11 bits per heavy atom. The van der Waals surface area contributed by atoms with Crippen LogP contribution in [0.3, 0.4) is 0 Å². The molecule has 46 valence electrons. The molecule has 0 radical (unpaired) electrons. The molecule has 0 amide bonds. The molecule has 0 heterocycles. The van der Waals surface area contributed by atoms with Crippen molar-refractivity contribution in [2.75, 3.05) is 0 Å². The Hall–Kier alpha value is -0.425. The summed E-state index contributed by atoms with van der Waals surface area (Å²) in [7, 11) is 2.00. The predicted molar refractivity (Wildman–Crippen MR) is 44.4 cm³/mol. The van der Waals surface area contributed by atoms with Crippen molar-refractivity contribution in [2.45, 2.75) is 6.92 Å². The maximum Gasteiger partial charge on any atom is 0.141 e. The smallest absolute Gasteiger partial charge is 0.0850 e. The van der Waals surface area contributed by atoms with E-state index in [4.69, 9.17) is 11.6 Å². The molecule has 1 aromatic carbocycles. The van der Waals surface area contributed by atoms with Crippen LogP contribution in [-0.4, -0.2) is 7.85 Å². The lowest BCUT2D eigenvalue weighted by molar-refractivity contribution is 1.49. The van der Waals surface area contributed by atoms with E-state index in [9.17, 15) is 0 Å². The van der Waals surface area contributed by atoms with Crippen LogP contribution in [0.25, 0.3) is 0 Å². The lowest BCUT2D eigenvalue weighted by Crippen LogP contribution is -2.02. The topological polar surface area (TPSA) is 0 Å². The Balaban J connectivity index is 3.17. The first-order valence-corrected chi connectivity index (χ1v) is 3.30. The maximum atomic E-state index is 5.81. The predicted octanol–water partition coefficient (Wildman–Crippen LogP) is 0.907. The largest absolute Gasteiger partial charge is 0.141 e. The van der Waals surface area contributed by atoms with Crippen molar-refractivity contribution < 1.29 is 0 Å². The van der Waals surface area contributed by atoms with E-state index in [0.717, 1.165) is 10.5 Å². The third-order valence-corrected chi connectivity index (χ3v) is 1.73. The van der Waals surface area contributed by atoms with Crippen molar-refractivity contribution in [3.63, 3.8) is 0 Å². The fraction of sp³-hybridized carbons (Fsp3) is 0.143. The van der Waals surface area contributed by atoms with Gasteiger partial charge in [0.15, 0.2) is 0 Å². The van der Waals surface area contributed by atoms with Gasteiger partial charge in [0.25, 0.3) is 0 Å². The number of halogens is 1. The molecule has 0 bridgehead atoms. The monoisotopic (exact) mass is 138 g/mol. The van der Waals surface area contributed by atoms with Crippen molar-refractivity contribution in [2.24, 2.45) is 0 Å². The Morgan fingerprint density at radius 3 is 2.56 bits per heavy atom. The molecule has 1 rings (SSSR count). The van der Waals surface area contributed by atoms with Gasteiger partial charge in [-0.25, -0.2) is 0 Å². The minimum Gasteiger partial charge on any atom is -0.0850 e. The Morgan fingerprint density at radius 1 is 1.44 bits per heavy atom. The molecule has 0 aromatic heterocycles. The molecular weight excluding hydrogens is 130 g/mol. The molecule has 0 nitrogen and oxygen atoms in total. The summed E-state index contributed by atoms with van der Waals surface area (Å²) in [5.41, 5.74) is 2.35. The van der Waals surface area contributed by atoms with E-state index in [1.807, 2.05) is 26.9 Å². The molecule has 0 saturated heterocycles. The van der Waals surface area contributed by atoms with Gasteiger partial charge in [0.05, 0.1) is 0 Å².